The van der Waals surface area contributed by atoms with E-state index in [2.05, 4.69) is 15.5 Å². The Bertz CT molecular complexity index is 679. The Morgan fingerprint density at radius 1 is 1.12 bits per heavy atom. The summed E-state index contributed by atoms with van der Waals surface area (Å²) in [6.07, 6.45) is 6.19. The first kappa shape index (κ1) is 21.2. The monoisotopic (exact) mass is 384 g/mol. The number of ether oxygens (including phenoxy) is 1. The zero-order valence-corrected chi connectivity index (χ0v) is 15.3. The number of hydrogen-bond acceptors (Lipinski definition) is 5. The van der Waals surface area contributed by atoms with E-state index in [1.165, 1.54) is 0 Å². The number of amides is 1. The highest BCUT2D eigenvalue weighted by molar-refractivity contribution is 5.98. The van der Waals surface area contributed by atoms with Crippen LogP contribution in [0, 0.1) is 0 Å². The van der Waals surface area contributed by atoms with Crippen molar-refractivity contribution in [2.45, 2.75) is 37.6 Å². The molecule has 1 aliphatic carbocycles. The molecule has 1 heterocycles. The van der Waals surface area contributed by atoms with Crippen LogP contribution in [-0.4, -0.2) is 21.6 Å². The summed E-state index contributed by atoms with van der Waals surface area (Å²) in [6.45, 7) is 0. The van der Waals surface area contributed by atoms with Crippen LogP contribution in [0.5, 0.6) is 11.6 Å². The van der Waals surface area contributed by atoms with E-state index in [4.69, 9.17) is 10.5 Å². The van der Waals surface area contributed by atoms with Crippen LogP contribution in [0.1, 0.15) is 32.1 Å². The van der Waals surface area contributed by atoms with Crippen LogP contribution in [0.2, 0.25) is 0 Å². The molecule has 0 saturated heterocycles. The van der Waals surface area contributed by atoms with Crippen LogP contribution in [0.4, 0.5) is 5.69 Å². The number of carbonyl (C=O) groups excluding carboxylic acids is 1. The van der Waals surface area contributed by atoms with Gasteiger partial charge in [0.2, 0.25) is 11.8 Å². The molecule has 6 nitrogen and oxygen atoms in total. The number of aromatic nitrogens is 2. The molecular formula is C17H22Cl2N4O2. The number of carbonyl (C=O) groups is 1. The molecule has 1 aromatic carbocycles. The summed E-state index contributed by atoms with van der Waals surface area (Å²) in [4.78, 5) is 12.5. The predicted molar refractivity (Wildman–Crippen MR) is 102 cm³/mol. The number of hydrogen-bond donors (Lipinski definition) is 2. The highest BCUT2D eigenvalue weighted by Crippen LogP contribution is 2.28. The summed E-state index contributed by atoms with van der Waals surface area (Å²) in [7, 11) is 0. The molecule has 0 spiro atoms. The average molecular weight is 385 g/mol. The molecule has 0 bridgehead atoms. The second kappa shape index (κ2) is 9.56. The minimum atomic E-state index is -0.764. The summed E-state index contributed by atoms with van der Waals surface area (Å²) in [5, 5.41) is 10.5. The summed E-state index contributed by atoms with van der Waals surface area (Å²) in [5.41, 5.74) is 6.15. The maximum atomic E-state index is 12.5. The highest BCUT2D eigenvalue weighted by atomic mass is 35.5. The van der Waals surface area contributed by atoms with Crippen LogP contribution in [0.15, 0.2) is 42.6 Å². The Morgan fingerprint density at radius 3 is 2.56 bits per heavy atom. The van der Waals surface area contributed by atoms with Gasteiger partial charge < -0.3 is 15.8 Å². The summed E-state index contributed by atoms with van der Waals surface area (Å²) in [6, 6.07) is 10.6. The second-order valence-electron chi connectivity index (χ2n) is 5.86. The van der Waals surface area contributed by atoms with Gasteiger partial charge in [-0.15, -0.1) is 29.9 Å². The number of rotatable bonds is 4. The van der Waals surface area contributed by atoms with E-state index in [1.54, 1.807) is 30.5 Å². The summed E-state index contributed by atoms with van der Waals surface area (Å²) in [5.74, 6) is 0.852. The van der Waals surface area contributed by atoms with Gasteiger partial charge in [0, 0.05) is 24.0 Å². The van der Waals surface area contributed by atoms with Crippen LogP contribution >= 0.6 is 24.8 Å². The van der Waals surface area contributed by atoms with Gasteiger partial charge in [-0.25, -0.2) is 0 Å². The van der Waals surface area contributed by atoms with E-state index in [1.807, 2.05) is 12.1 Å². The molecule has 0 atom stereocenters. The molecule has 0 radical (unpaired) electrons. The highest BCUT2D eigenvalue weighted by Gasteiger charge is 2.35. The third-order valence-electron chi connectivity index (χ3n) is 4.06. The Balaban J connectivity index is 0.00000156. The van der Waals surface area contributed by atoms with Gasteiger partial charge in [0.15, 0.2) is 0 Å². The topological polar surface area (TPSA) is 90.1 Å². The van der Waals surface area contributed by atoms with Crippen LogP contribution in [0.3, 0.4) is 0 Å². The number of nitrogens with zero attached hydrogens (tertiary/aromatic N) is 2. The van der Waals surface area contributed by atoms with Gasteiger partial charge in [0.1, 0.15) is 5.75 Å². The van der Waals surface area contributed by atoms with Crippen LogP contribution < -0.4 is 15.8 Å². The zero-order chi connectivity index (χ0) is 16.1. The Labute approximate surface area is 159 Å². The number of nitrogens with one attached hydrogen (secondary N) is 1. The fourth-order valence-electron chi connectivity index (χ4n) is 2.77. The Morgan fingerprint density at radius 2 is 1.88 bits per heavy atom. The number of benzene rings is 1. The van der Waals surface area contributed by atoms with Crippen molar-refractivity contribution >= 4 is 36.4 Å². The fraction of sp³-hybridized carbons (Fsp3) is 0.353. The van der Waals surface area contributed by atoms with Crippen molar-refractivity contribution < 1.29 is 9.53 Å². The van der Waals surface area contributed by atoms with E-state index >= 15 is 0 Å². The van der Waals surface area contributed by atoms with Crippen molar-refractivity contribution in [2.24, 2.45) is 5.73 Å². The van der Waals surface area contributed by atoms with Gasteiger partial charge in [-0.1, -0.05) is 25.3 Å². The average Bonchev–Trinajstić information content (AvgIpc) is 2.57. The molecule has 0 unspecified atom stereocenters. The molecule has 8 heteroatoms. The molecule has 0 aliphatic heterocycles. The summed E-state index contributed by atoms with van der Waals surface area (Å²) < 4.78 is 5.62. The molecule has 1 saturated carbocycles. The minimum Gasteiger partial charge on any atom is -0.437 e. The zero-order valence-electron chi connectivity index (χ0n) is 13.7. The number of anilines is 1. The summed E-state index contributed by atoms with van der Waals surface area (Å²) >= 11 is 0. The van der Waals surface area contributed by atoms with Crippen molar-refractivity contribution in [2.75, 3.05) is 5.32 Å². The van der Waals surface area contributed by atoms with Gasteiger partial charge in [-0.2, -0.15) is 5.10 Å². The smallest absolute Gasteiger partial charge is 0.244 e. The fourth-order valence-corrected chi connectivity index (χ4v) is 2.77. The lowest BCUT2D eigenvalue weighted by Crippen LogP contribution is -2.52. The first-order valence-electron chi connectivity index (χ1n) is 7.82. The Kier molecular flexibility index (Phi) is 8.09. The van der Waals surface area contributed by atoms with Gasteiger partial charge in [0.25, 0.3) is 0 Å². The minimum absolute atomic E-state index is 0. The van der Waals surface area contributed by atoms with Crippen LogP contribution in [-0.2, 0) is 4.79 Å². The lowest BCUT2D eigenvalue weighted by atomic mass is 9.82. The third kappa shape index (κ3) is 5.56. The first-order chi connectivity index (χ1) is 11.2. The largest absolute Gasteiger partial charge is 0.437 e. The van der Waals surface area contributed by atoms with E-state index < -0.39 is 5.54 Å². The van der Waals surface area contributed by atoms with E-state index in [0.29, 0.717) is 17.3 Å². The van der Waals surface area contributed by atoms with Gasteiger partial charge in [-0.3, -0.25) is 4.79 Å². The maximum Gasteiger partial charge on any atom is 0.244 e. The van der Waals surface area contributed by atoms with E-state index in [0.717, 1.165) is 32.1 Å². The number of nitrogens with two attached hydrogens (primary N) is 1. The van der Waals surface area contributed by atoms with Crippen molar-refractivity contribution in [1.82, 2.24) is 10.2 Å². The first-order valence-corrected chi connectivity index (χ1v) is 7.82. The standard InChI is InChI=1S/C17H20N4O2.2ClH/c18-17(9-2-1-3-10-17)16(22)20-13-6-4-7-14(12-13)23-15-8-5-11-19-21-15;;/h4-8,11-12H,1-3,9-10,18H2,(H,20,22);2*1H. The molecule has 3 N–H and O–H groups in total. The molecule has 136 valence electrons. The predicted octanol–water partition coefficient (Wildman–Crippen LogP) is 3.71. The van der Waals surface area contributed by atoms with Crippen molar-refractivity contribution in [1.29, 1.82) is 0 Å². The van der Waals surface area contributed by atoms with Crippen LogP contribution in [0.25, 0.3) is 0 Å². The Hall–Kier alpha value is -1.89. The van der Waals surface area contributed by atoms with Gasteiger partial charge in [-0.05, 0) is 31.0 Å². The molecule has 2 aromatic rings. The molecule has 1 aromatic heterocycles. The quantitative estimate of drug-likeness (QED) is 0.837. The lowest BCUT2D eigenvalue weighted by molar-refractivity contribution is -0.122. The van der Waals surface area contributed by atoms with Crippen molar-refractivity contribution in [3.63, 3.8) is 0 Å². The SMILES string of the molecule is Cl.Cl.NC1(C(=O)Nc2cccc(Oc3cccnn3)c2)CCCCC1. The molecule has 1 amide bonds. The number of halogens is 2. The van der Waals surface area contributed by atoms with E-state index in [9.17, 15) is 4.79 Å². The molecule has 25 heavy (non-hydrogen) atoms. The van der Waals surface area contributed by atoms with Crippen molar-refractivity contribution in [3.8, 4) is 11.6 Å². The second-order valence-corrected chi connectivity index (χ2v) is 5.86. The van der Waals surface area contributed by atoms with Crippen molar-refractivity contribution in [3.05, 3.63) is 42.6 Å². The molecular weight excluding hydrogens is 363 g/mol. The van der Waals surface area contributed by atoms with Gasteiger partial charge >= 0.3 is 0 Å². The normalized spacial score (nSPS) is 15.2. The van der Waals surface area contributed by atoms with E-state index in [-0.39, 0.29) is 30.7 Å². The third-order valence-corrected chi connectivity index (χ3v) is 4.06. The lowest BCUT2D eigenvalue weighted by Gasteiger charge is -2.31. The van der Waals surface area contributed by atoms with Gasteiger partial charge in [0.05, 0.1) is 5.54 Å². The molecule has 3 rings (SSSR count). The maximum absolute atomic E-state index is 12.5. The molecule has 1 aliphatic rings. The molecule has 1 fully saturated rings.